The first-order valence-electron chi connectivity index (χ1n) is 8.68. The highest BCUT2D eigenvalue weighted by molar-refractivity contribution is 5.88. The SMILES string of the molecule is Cc1nn(-c2ccc(F)cc2)c(C)c1CC(=O)NC1(C(=O)O)CCCC1. The first kappa shape index (κ1) is 18.1. The maximum absolute atomic E-state index is 13.1. The molecule has 2 aromatic rings. The summed E-state index contributed by atoms with van der Waals surface area (Å²) in [6, 6.07) is 5.96. The molecule has 1 aliphatic rings. The molecule has 0 radical (unpaired) electrons. The zero-order chi connectivity index (χ0) is 18.9. The Balaban J connectivity index is 1.81. The van der Waals surface area contributed by atoms with Crippen molar-refractivity contribution in [3.63, 3.8) is 0 Å². The van der Waals surface area contributed by atoms with Gasteiger partial charge in [0.15, 0.2) is 0 Å². The summed E-state index contributed by atoms with van der Waals surface area (Å²) in [5.74, 6) is -1.62. The third-order valence-electron chi connectivity index (χ3n) is 5.09. The van der Waals surface area contributed by atoms with Gasteiger partial charge in [-0.15, -0.1) is 0 Å². The lowest BCUT2D eigenvalue weighted by atomic mass is 9.97. The molecule has 0 unspecified atom stereocenters. The summed E-state index contributed by atoms with van der Waals surface area (Å²) < 4.78 is 14.8. The van der Waals surface area contributed by atoms with E-state index in [1.807, 2.05) is 6.92 Å². The van der Waals surface area contributed by atoms with E-state index in [1.165, 1.54) is 12.1 Å². The van der Waals surface area contributed by atoms with Crippen LogP contribution in [0.2, 0.25) is 0 Å². The third-order valence-corrected chi connectivity index (χ3v) is 5.09. The van der Waals surface area contributed by atoms with Crippen LogP contribution in [-0.2, 0) is 16.0 Å². The molecule has 0 bridgehead atoms. The second-order valence-corrected chi connectivity index (χ2v) is 6.86. The van der Waals surface area contributed by atoms with E-state index in [-0.39, 0.29) is 18.1 Å². The molecule has 0 spiro atoms. The molecule has 26 heavy (non-hydrogen) atoms. The van der Waals surface area contributed by atoms with E-state index < -0.39 is 11.5 Å². The van der Waals surface area contributed by atoms with Crippen LogP contribution in [0.4, 0.5) is 4.39 Å². The molecule has 1 amide bonds. The zero-order valence-corrected chi connectivity index (χ0v) is 14.9. The van der Waals surface area contributed by atoms with E-state index >= 15 is 0 Å². The number of halogens is 1. The van der Waals surface area contributed by atoms with Crippen molar-refractivity contribution >= 4 is 11.9 Å². The molecular formula is C19H22FN3O3. The highest BCUT2D eigenvalue weighted by Gasteiger charge is 2.42. The molecule has 1 heterocycles. The fourth-order valence-corrected chi connectivity index (χ4v) is 3.61. The molecule has 6 nitrogen and oxygen atoms in total. The van der Waals surface area contributed by atoms with Crippen LogP contribution in [0.15, 0.2) is 24.3 Å². The van der Waals surface area contributed by atoms with Crippen molar-refractivity contribution in [2.24, 2.45) is 0 Å². The van der Waals surface area contributed by atoms with Crippen molar-refractivity contribution < 1.29 is 19.1 Å². The highest BCUT2D eigenvalue weighted by Crippen LogP contribution is 2.30. The molecule has 2 N–H and O–H groups in total. The first-order chi connectivity index (χ1) is 12.3. The van der Waals surface area contributed by atoms with Crippen LogP contribution in [0.5, 0.6) is 0 Å². The van der Waals surface area contributed by atoms with Gasteiger partial charge >= 0.3 is 5.97 Å². The molecule has 7 heteroatoms. The first-order valence-corrected chi connectivity index (χ1v) is 8.68. The number of benzene rings is 1. The maximum atomic E-state index is 13.1. The molecule has 0 saturated heterocycles. The molecule has 138 valence electrons. The summed E-state index contributed by atoms with van der Waals surface area (Å²) in [7, 11) is 0. The molecule has 1 aromatic carbocycles. The number of nitrogens with one attached hydrogen (secondary N) is 1. The summed E-state index contributed by atoms with van der Waals surface area (Å²) in [5, 5.41) is 16.7. The van der Waals surface area contributed by atoms with Gasteiger partial charge in [-0.05, 0) is 51.0 Å². The number of aliphatic carboxylic acids is 1. The summed E-state index contributed by atoms with van der Waals surface area (Å²) in [6.07, 6.45) is 2.58. The van der Waals surface area contributed by atoms with Crippen molar-refractivity contribution in [1.29, 1.82) is 0 Å². The van der Waals surface area contributed by atoms with Crippen LogP contribution in [0.25, 0.3) is 5.69 Å². The molecular weight excluding hydrogens is 337 g/mol. The van der Waals surface area contributed by atoms with Crippen LogP contribution in [0.3, 0.4) is 0 Å². The maximum Gasteiger partial charge on any atom is 0.329 e. The summed E-state index contributed by atoms with van der Waals surface area (Å²) >= 11 is 0. The minimum atomic E-state index is -1.15. The van der Waals surface area contributed by atoms with Gasteiger partial charge in [-0.25, -0.2) is 13.9 Å². The Morgan fingerprint density at radius 1 is 1.23 bits per heavy atom. The number of carboxylic acids is 1. The van der Waals surface area contributed by atoms with Gasteiger partial charge in [0.25, 0.3) is 0 Å². The second-order valence-electron chi connectivity index (χ2n) is 6.86. The van der Waals surface area contributed by atoms with Crippen LogP contribution in [-0.4, -0.2) is 32.3 Å². The van der Waals surface area contributed by atoms with Crippen molar-refractivity contribution in [1.82, 2.24) is 15.1 Å². The van der Waals surface area contributed by atoms with E-state index in [4.69, 9.17) is 0 Å². The number of carbonyl (C=O) groups excluding carboxylic acids is 1. The molecule has 0 aliphatic heterocycles. The molecule has 0 atom stereocenters. The number of amides is 1. The second kappa shape index (κ2) is 6.90. The van der Waals surface area contributed by atoms with Gasteiger partial charge in [-0.1, -0.05) is 12.8 Å². The monoisotopic (exact) mass is 359 g/mol. The number of aryl methyl sites for hydroxylation is 1. The molecule has 1 aromatic heterocycles. The van der Waals surface area contributed by atoms with Gasteiger partial charge in [-0.3, -0.25) is 4.79 Å². The van der Waals surface area contributed by atoms with Crippen molar-refractivity contribution in [2.75, 3.05) is 0 Å². The lowest BCUT2D eigenvalue weighted by Gasteiger charge is -2.25. The van der Waals surface area contributed by atoms with Crippen LogP contribution >= 0.6 is 0 Å². The van der Waals surface area contributed by atoms with Crippen LogP contribution in [0, 0.1) is 19.7 Å². The van der Waals surface area contributed by atoms with Gasteiger partial charge in [0.05, 0.1) is 17.8 Å². The number of rotatable bonds is 5. The summed E-state index contributed by atoms with van der Waals surface area (Å²) in [6.45, 7) is 3.65. The predicted octanol–water partition coefficient (Wildman–Crippen LogP) is 2.68. The molecule has 3 rings (SSSR count). The Morgan fingerprint density at radius 3 is 2.42 bits per heavy atom. The smallest absolute Gasteiger partial charge is 0.329 e. The van der Waals surface area contributed by atoms with Crippen LogP contribution < -0.4 is 5.32 Å². The van der Waals surface area contributed by atoms with Gasteiger partial charge < -0.3 is 10.4 Å². The minimum Gasteiger partial charge on any atom is -0.480 e. The number of carboxylic acid groups (broad SMARTS) is 1. The highest BCUT2D eigenvalue weighted by atomic mass is 19.1. The van der Waals surface area contributed by atoms with Crippen LogP contribution in [0.1, 0.15) is 42.6 Å². The number of hydrogen-bond donors (Lipinski definition) is 2. The number of hydrogen-bond acceptors (Lipinski definition) is 3. The number of nitrogens with zero attached hydrogens (tertiary/aromatic N) is 2. The summed E-state index contributed by atoms with van der Waals surface area (Å²) in [4.78, 5) is 24.1. The lowest BCUT2D eigenvalue weighted by molar-refractivity contribution is -0.147. The topological polar surface area (TPSA) is 84.2 Å². The Kier molecular flexibility index (Phi) is 4.80. The quantitative estimate of drug-likeness (QED) is 0.860. The number of aromatic nitrogens is 2. The standard InChI is InChI=1S/C19H22FN3O3/c1-12-16(11-17(24)21-19(18(25)26)9-3-4-10-19)13(2)23(22-12)15-7-5-14(20)6-8-15/h5-8H,3-4,9-11H2,1-2H3,(H,21,24)(H,25,26). The molecule has 1 aliphatic carbocycles. The Labute approximate surface area is 151 Å². The van der Waals surface area contributed by atoms with Crippen molar-refractivity contribution in [3.8, 4) is 5.69 Å². The predicted molar refractivity (Wildman–Crippen MR) is 93.7 cm³/mol. The largest absolute Gasteiger partial charge is 0.480 e. The fraction of sp³-hybridized carbons (Fsp3) is 0.421. The van der Waals surface area contributed by atoms with E-state index in [9.17, 15) is 19.1 Å². The van der Waals surface area contributed by atoms with E-state index in [1.54, 1.807) is 23.7 Å². The Bertz CT molecular complexity index is 836. The van der Waals surface area contributed by atoms with Gasteiger partial charge in [-0.2, -0.15) is 5.10 Å². The van der Waals surface area contributed by atoms with Gasteiger partial charge in [0, 0.05) is 11.3 Å². The Morgan fingerprint density at radius 2 is 1.85 bits per heavy atom. The molecule has 1 fully saturated rings. The van der Waals surface area contributed by atoms with E-state index in [0.717, 1.165) is 24.1 Å². The normalized spacial score (nSPS) is 15.8. The zero-order valence-electron chi connectivity index (χ0n) is 14.9. The average molecular weight is 359 g/mol. The minimum absolute atomic E-state index is 0.0634. The van der Waals surface area contributed by atoms with Crippen molar-refractivity contribution in [2.45, 2.75) is 51.5 Å². The Hall–Kier alpha value is -2.70. The van der Waals surface area contributed by atoms with E-state index in [0.29, 0.717) is 24.2 Å². The van der Waals surface area contributed by atoms with Gasteiger partial charge in [0.2, 0.25) is 5.91 Å². The van der Waals surface area contributed by atoms with E-state index in [2.05, 4.69) is 10.4 Å². The summed E-state index contributed by atoms with van der Waals surface area (Å²) in [5.41, 5.74) is 1.78. The number of carbonyl (C=O) groups is 2. The fourth-order valence-electron chi connectivity index (χ4n) is 3.61. The lowest BCUT2D eigenvalue weighted by Crippen LogP contribution is -2.53. The average Bonchev–Trinajstić information content (AvgIpc) is 3.17. The molecule has 1 saturated carbocycles. The van der Waals surface area contributed by atoms with Crippen molar-refractivity contribution in [3.05, 3.63) is 47.0 Å². The third kappa shape index (κ3) is 3.34. The van der Waals surface area contributed by atoms with Gasteiger partial charge in [0.1, 0.15) is 11.4 Å².